The van der Waals surface area contributed by atoms with Crippen molar-refractivity contribution in [2.24, 2.45) is 0 Å². The summed E-state index contributed by atoms with van der Waals surface area (Å²) in [4.78, 5) is 0. The molecule has 1 aliphatic rings. The number of fused-ring (bicyclic) bond motifs is 1. The summed E-state index contributed by atoms with van der Waals surface area (Å²) in [6.45, 7) is 1.62. The number of hydrogen-bond donors (Lipinski definition) is 0. The lowest BCUT2D eigenvalue weighted by Gasteiger charge is -2.08. The minimum atomic E-state index is 0. The Labute approximate surface area is 211 Å². The molecule has 1 aromatic heterocycles. The summed E-state index contributed by atoms with van der Waals surface area (Å²) in [6.07, 6.45) is 8.91. The van der Waals surface area contributed by atoms with E-state index in [-0.39, 0.29) is 17.0 Å². The highest BCUT2D eigenvalue weighted by Gasteiger charge is 2.22. The van der Waals surface area contributed by atoms with Gasteiger partial charge in [0, 0.05) is 11.6 Å². The second-order valence-corrected chi connectivity index (χ2v) is 8.12. The summed E-state index contributed by atoms with van der Waals surface area (Å²) in [5, 5.41) is 0. The highest BCUT2D eigenvalue weighted by Crippen LogP contribution is 2.29. The van der Waals surface area contributed by atoms with E-state index in [1.165, 1.54) is 28.1 Å². The quantitative estimate of drug-likeness (QED) is 0.369. The largest absolute Gasteiger partial charge is 1.00 e. The van der Waals surface area contributed by atoms with Crippen LogP contribution in [0.2, 0.25) is 0 Å². The maximum Gasteiger partial charge on any atom is 0.282 e. The molecular weight excluding hydrogens is 488 g/mol. The molecule has 1 aliphatic heterocycles. The Morgan fingerprint density at radius 1 is 0.765 bits per heavy atom. The number of hydrogen-bond acceptors (Lipinski definition) is 2. The molecule has 2 heterocycles. The molecule has 0 saturated carbocycles. The molecule has 34 heavy (non-hydrogen) atoms. The molecule has 0 bridgehead atoms. The minimum absolute atomic E-state index is 0. The third-order valence-electron chi connectivity index (χ3n) is 6.05. The minimum Gasteiger partial charge on any atom is -1.00 e. The molecular formula is C29H27BrN2O2. The fourth-order valence-corrected chi connectivity index (χ4v) is 4.22. The molecule has 0 radical (unpaired) electrons. The number of rotatable bonds is 6. The van der Waals surface area contributed by atoms with E-state index in [1.807, 2.05) is 24.3 Å². The second-order valence-electron chi connectivity index (χ2n) is 8.12. The summed E-state index contributed by atoms with van der Waals surface area (Å²) < 4.78 is 15.4. The standard InChI is InChI=1S/C29H27N2O2.BrH/c1-32-27-12-8-23(9-13-27)25-18-26(24-10-14-28(33-2)15-11-24)21-31-17-16-30(29(31)19-25)20-22-6-4-3-5-7-22;/h3-19H,20-21H2,1-2H3;1H/q+1;/p-1. The van der Waals surface area contributed by atoms with E-state index in [0.717, 1.165) is 30.2 Å². The third-order valence-corrected chi connectivity index (χ3v) is 6.05. The SMILES string of the molecule is COc1ccc(C2=Cc3n(Cc4ccccc4)cc[n+]3CC(c3ccc(OC)cc3)=C2)cc1.[Br-]. The summed E-state index contributed by atoms with van der Waals surface area (Å²) in [6, 6.07) is 27.1. The fourth-order valence-electron chi connectivity index (χ4n) is 4.22. The van der Waals surface area contributed by atoms with Gasteiger partial charge in [-0.3, -0.25) is 0 Å². The van der Waals surface area contributed by atoms with Gasteiger partial charge in [-0.25, -0.2) is 9.13 Å². The molecule has 0 unspecified atom stereocenters. The van der Waals surface area contributed by atoms with E-state index in [0.29, 0.717) is 0 Å². The molecule has 5 rings (SSSR count). The van der Waals surface area contributed by atoms with Crippen LogP contribution >= 0.6 is 0 Å². The van der Waals surface area contributed by atoms with Crippen molar-refractivity contribution in [2.45, 2.75) is 13.1 Å². The smallest absolute Gasteiger partial charge is 0.282 e. The normalized spacial score (nSPS) is 12.5. The van der Waals surface area contributed by atoms with Crippen molar-refractivity contribution in [1.82, 2.24) is 4.57 Å². The Kier molecular flexibility index (Phi) is 7.33. The molecule has 0 spiro atoms. The number of imidazole rings is 1. The van der Waals surface area contributed by atoms with Crippen LogP contribution in [-0.4, -0.2) is 18.8 Å². The van der Waals surface area contributed by atoms with Gasteiger partial charge in [0.25, 0.3) is 5.82 Å². The maximum atomic E-state index is 5.37. The second kappa shape index (κ2) is 10.6. The van der Waals surface area contributed by atoms with Crippen LogP contribution in [0.3, 0.4) is 0 Å². The maximum absolute atomic E-state index is 5.37. The summed E-state index contributed by atoms with van der Waals surface area (Å²) in [7, 11) is 3.39. The molecule has 0 N–H and O–H groups in total. The van der Waals surface area contributed by atoms with Gasteiger partial charge in [-0.15, -0.1) is 0 Å². The van der Waals surface area contributed by atoms with Gasteiger partial charge in [0.1, 0.15) is 37.0 Å². The van der Waals surface area contributed by atoms with Crippen LogP contribution in [0.15, 0.2) is 97.3 Å². The summed E-state index contributed by atoms with van der Waals surface area (Å²) >= 11 is 0. The van der Waals surface area contributed by atoms with E-state index >= 15 is 0 Å². The van der Waals surface area contributed by atoms with Crippen LogP contribution in [0.1, 0.15) is 22.5 Å². The lowest BCUT2D eigenvalue weighted by atomic mass is 9.99. The third kappa shape index (κ3) is 5.00. The average molecular weight is 515 g/mol. The van der Waals surface area contributed by atoms with Crippen LogP contribution in [0.4, 0.5) is 0 Å². The Hall–Kier alpha value is -3.57. The molecule has 0 atom stereocenters. The zero-order chi connectivity index (χ0) is 22.6. The van der Waals surface area contributed by atoms with Gasteiger partial charge >= 0.3 is 0 Å². The van der Waals surface area contributed by atoms with Gasteiger partial charge in [-0.05, 0) is 52.6 Å². The Morgan fingerprint density at radius 2 is 1.38 bits per heavy atom. The predicted molar refractivity (Wildman–Crippen MR) is 132 cm³/mol. The van der Waals surface area contributed by atoms with Gasteiger partial charge in [0.15, 0.2) is 0 Å². The molecule has 0 fully saturated rings. The summed E-state index contributed by atoms with van der Waals surface area (Å²) in [5.74, 6) is 2.89. The number of ether oxygens (including phenoxy) is 2. The van der Waals surface area contributed by atoms with Gasteiger partial charge in [0.05, 0.1) is 14.2 Å². The number of allylic oxidation sites excluding steroid dienone is 3. The number of aromatic nitrogens is 2. The first kappa shape index (κ1) is 23.6. The molecule has 172 valence electrons. The van der Waals surface area contributed by atoms with Crippen LogP contribution < -0.4 is 31.0 Å². The average Bonchev–Trinajstić information content (AvgIpc) is 3.12. The van der Waals surface area contributed by atoms with Crippen molar-refractivity contribution in [2.75, 3.05) is 14.2 Å². The Bertz CT molecular complexity index is 1300. The lowest BCUT2D eigenvalue weighted by molar-refractivity contribution is -0.685. The van der Waals surface area contributed by atoms with Crippen molar-refractivity contribution in [3.63, 3.8) is 0 Å². The van der Waals surface area contributed by atoms with E-state index in [2.05, 4.69) is 88.3 Å². The van der Waals surface area contributed by atoms with Crippen LogP contribution in [0.25, 0.3) is 17.2 Å². The Morgan fingerprint density at radius 3 is 2.00 bits per heavy atom. The molecule has 4 aromatic rings. The first-order chi connectivity index (χ1) is 16.2. The molecule has 0 amide bonds. The molecule has 4 nitrogen and oxygen atoms in total. The first-order valence-corrected chi connectivity index (χ1v) is 11.1. The van der Waals surface area contributed by atoms with E-state index < -0.39 is 0 Å². The highest BCUT2D eigenvalue weighted by molar-refractivity contribution is 5.92. The zero-order valence-electron chi connectivity index (χ0n) is 19.3. The molecule has 0 aliphatic carbocycles. The van der Waals surface area contributed by atoms with Gasteiger partial charge < -0.3 is 26.5 Å². The molecule has 5 heteroatoms. The van der Waals surface area contributed by atoms with Gasteiger partial charge in [-0.2, -0.15) is 0 Å². The summed E-state index contributed by atoms with van der Waals surface area (Å²) in [5.41, 5.74) is 6.04. The number of methoxy groups -OCH3 is 2. The number of nitrogens with zero attached hydrogens (tertiary/aromatic N) is 2. The highest BCUT2D eigenvalue weighted by atomic mass is 79.9. The topological polar surface area (TPSA) is 27.3 Å². The lowest BCUT2D eigenvalue weighted by Crippen LogP contribution is -3.00. The van der Waals surface area contributed by atoms with E-state index in [1.54, 1.807) is 14.2 Å². The van der Waals surface area contributed by atoms with Crippen molar-refractivity contribution < 1.29 is 31.0 Å². The first-order valence-electron chi connectivity index (χ1n) is 11.1. The van der Waals surface area contributed by atoms with Crippen molar-refractivity contribution in [1.29, 1.82) is 0 Å². The van der Waals surface area contributed by atoms with Crippen molar-refractivity contribution in [3.05, 3.63) is 120 Å². The molecule has 0 saturated heterocycles. The van der Waals surface area contributed by atoms with Crippen LogP contribution in [-0.2, 0) is 13.1 Å². The van der Waals surface area contributed by atoms with Gasteiger partial charge in [-0.1, -0.05) is 54.6 Å². The molecule has 3 aromatic carbocycles. The number of halogens is 1. The van der Waals surface area contributed by atoms with Crippen molar-refractivity contribution >= 4 is 17.2 Å². The van der Waals surface area contributed by atoms with E-state index in [9.17, 15) is 0 Å². The monoisotopic (exact) mass is 514 g/mol. The number of benzene rings is 3. The van der Waals surface area contributed by atoms with Gasteiger partial charge in [0.2, 0.25) is 0 Å². The predicted octanol–water partition coefficient (Wildman–Crippen LogP) is 2.48. The van der Waals surface area contributed by atoms with Crippen LogP contribution in [0, 0.1) is 0 Å². The zero-order valence-corrected chi connectivity index (χ0v) is 20.9. The van der Waals surface area contributed by atoms with E-state index in [4.69, 9.17) is 9.47 Å². The van der Waals surface area contributed by atoms with Crippen LogP contribution in [0.5, 0.6) is 11.5 Å². The fraction of sp³-hybridized carbons (Fsp3) is 0.138. The Balaban J connectivity index is 0.00000274. The van der Waals surface area contributed by atoms with Crippen molar-refractivity contribution in [3.8, 4) is 11.5 Å².